The van der Waals surface area contributed by atoms with E-state index in [-0.39, 0.29) is 36.6 Å². The maximum atomic E-state index is 13.1. The third-order valence-corrected chi connectivity index (χ3v) is 34.1. The smallest absolute Gasteiger partial charge is 0.341 e. The standard InChI is InChI=1S/C34H39NO2.C27H33NO2.C26H32N2O2.C25H31N3O2.C9H7F2NO4/c1-2-37-34(36)29-14-13-28(20-32-30-16-26-15-27(18-30)19-31(32)17-26)33(21-29)35(22-24-9-5-3-6-10-24)23-25-11-7-4-8-12-25;1-2-30-27(29)22-9-8-21(26(16-22)28-17-18-6-4-3-5-7-18)15-25-23-11-19-10-20(13-23)14-24(25)12-19;1-2-30-26(29)21-4-3-20(25(15-21)28-16-17-5-7-27-8-6-17)14-24-22-10-18-9-19(12-22)13-23(24)11-18;1-2-30-25(29)19-4-3-18(24(13-19)27-14-22-5-6-26-15-28-22)12-23-20-8-16-7-17(10-20)11-21(23)9-16;1-2-16-9(13)5-3-8(12(14)15)7(11)4-6(5)10/h3-14,21,26-27,30-32H,2,15-20,22-23H2,1H3;3-9,16,19-20,23-25,28H,2,10-15,17H2,1H3;3-8,15,18-19,22-24,28H,2,9-14,16H2,1H3;3-6,13,15-17,20-21,23,27H,2,7-12,14H2,1H3;3-4H,2H2,1H3. The van der Waals surface area contributed by atoms with E-state index in [1.165, 1.54) is 186 Å². The number of nitro groups is 1. The van der Waals surface area contributed by atoms with Crippen LogP contribution in [0.15, 0.2) is 219 Å². The van der Waals surface area contributed by atoms with Crippen LogP contribution >= 0.6 is 0 Å². The summed E-state index contributed by atoms with van der Waals surface area (Å²) in [6, 6.07) is 63.2. The Hall–Kier alpha value is -12.2. The number of esters is 5. The van der Waals surface area contributed by atoms with Crippen molar-refractivity contribution in [2.24, 2.45) is 118 Å². The van der Waals surface area contributed by atoms with Gasteiger partial charge in [-0.1, -0.05) is 115 Å². The first kappa shape index (κ1) is 101. The fourth-order valence-corrected chi connectivity index (χ4v) is 28.6. The van der Waals surface area contributed by atoms with Crippen molar-refractivity contribution < 1.29 is 61.4 Å². The predicted octanol–water partition coefficient (Wildman–Crippen LogP) is 26.2. The van der Waals surface area contributed by atoms with Gasteiger partial charge >= 0.3 is 35.5 Å². The van der Waals surface area contributed by atoms with Gasteiger partial charge in [-0.25, -0.2) is 38.3 Å². The second-order valence-corrected chi connectivity index (χ2v) is 43.2. The number of pyridine rings is 1. The van der Waals surface area contributed by atoms with Crippen molar-refractivity contribution in [1.82, 2.24) is 15.0 Å². The van der Waals surface area contributed by atoms with Crippen LogP contribution in [-0.2, 0) is 82.1 Å². The van der Waals surface area contributed by atoms with E-state index in [9.17, 15) is 42.9 Å². The van der Waals surface area contributed by atoms with Crippen molar-refractivity contribution in [3.63, 3.8) is 0 Å². The molecule has 2 heterocycles. The number of hydrogen-bond acceptors (Lipinski definition) is 19. The quantitative estimate of drug-likeness (QED) is 0.0150. The summed E-state index contributed by atoms with van der Waals surface area (Å²) in [5.41, 5.74) is 16.6. The lowest BCUT2D eigenvalue weighted by Crippen LogP contribution is -2.45. The fraction of sp³-hybridized carbons (Fsp3) is 0.488. The van der Waals surface area contributed by atoms with Gasteiger partial charge in [-0.3, -0.25) is 15.1 Å². The normalized spacial score (nSPS) is 26.0. The number of ether oxygens (including phenoxy) is 5. The van der Waals surface area contributed by atoms with Crippen LogP contribution in [0.4, 0.5) is 37.2 Å². The Morgan fingerprint density at radius 2 is 0.650 bits per heavy atom. The van der Waals surface area contributed by atoms with Crippen molar-refractivity contribution in [3.8, 4) is 0 Å². The summed E-state index contributed by atoms with van der Waals surface area (Å²) < 4.78 is 51.6. The average molecular weight is 1940 g/mol. The highest BCUT2D eigenvalue weighted by Gasteiger charge is 2.52. The van der Waals surface area contributed by atoms with E-state index >= 15 is 0 Å². The predicted molar refractivity (Wildman–Crippen MR) is 553 cm³/mol. The monoisotopic (exact) mass is 1940 g/mol. The molecule has 8 aromatic carbocycles. The van der Waals surface area contributed by atoms with E-state index in [0.717, 1.165) is 193 Å². The molecule has 20 nitrogen and oxygen atoms in total. The molecule has 16 aliphatic carbocycles. The number of rotatable bonds is 33. The third-order valence-electron chi connectivity index (χ3n) is 34.1. The number of halogens is 2. The molecule has 0 radical (unpaired) electrons. The van der Waals surface area contributed by atoms with E-state index in [4.69, 9.17) is 18.9 Å². The van der Waals surface area contributed by atoms with Crippen LogP contribution in [0.2, 0.25) is 0 Å². The van der Waals surface area contributed by atoms with Crippen LogP contribution in [0.25, 0.3) is 0 Å². The molecular formula is C121H142F2N8O12. The summed E-state index contributed by atoms with van der Waals surface area (Å²) in [6.45, 7) is 14.2. The first-order valence-electron chi connectivity index (χ1n) is 53.4. The zero-order valence-corrected chi connectivity index (χ0v) is 83.8. The maximum absolute atomic E-state index is 13.1. The second kappa shape index (κ2) is 47.6. The van der Waals surface area contributed by atoms with Crippen LogP contribution in [-0.4, -0.2) is 82.8 Å². The zero-order chi connectivity index (χ0) is 99.0. The third kappa shape index (κ3) is 25.2. The fourth-order valence-electron chi connectivity index (χ4n) is 28.6. The summed E-state index contributed by atoms with van der Waals surface area (Å²) in [5.74, 6) is 13.7. The van der Waals surface area contributed by atoms with E-state index in [1.807, 2.05) is 107 Å². The minimum Gasteiger partial charge on any atom is -0.462 e. The molecular weight excluding hydrogens is 1800 g/mol. The summed E-state index contributed by atoms with van der Waals surface area (Å²) in [7, 11) is 0. The van der Waals surface area contributed by atoms with E-state index < -0.39 is 33.8 Å². The lowest BCUT2D eigenvalue weighted by Gasteiger charge is -2.54. The average Bonchev–Trinajstić information content (AvgIpc) is 0.765. The van der Waals surface area contributed by atoms with Gasteiger partial charge in [0.1, 0.15) is 17.7 Å². The molecule has 0 saturated heterocycles. The Morgan fingerprint density at radius 3 is 0.986 bits per heavy atom. The van der Waals surface area contributed by atoms with Gasteiger partial charge in [-0.2, -0.15) is 4.39 Å². The molecule has 16 aliphatic rings. The highest BCUT2D eigenvalue weighted by atomic mass is 19.1. The summed E-state index contributed by atoms with van der Waals surface area (Å²) in [4.78, 5) is 85.1. The molecule has 16 saturated carbocycles. The topological polar surface area (TPSA) is 253 Å². The number of aromatic nitrogens is 3. The first-order valence-corrected chi connectivity index (χ1v) is 53.4. The molecule has 26 rings (SSSR count). The molecule has 0 amide bonds. The summed E-state index contributed by atoms with van der Waals surface area (Å²) in [5, 5.41) is 21.1. The van der Waals surface area contributed by atoms with Crippen molar-refractivity contribution in [2.75, 3.05) is 53.9 Å². The number of hydrogen-bond donors (Lipinski definition) is 3. The largest absolute Gasteiger partial charge is 0.462 e. The molecule has 22 heteroatoms. The Morgan fingerprint density at radius 1 is 0.343 bits per heavy atom. The SMILES string of the molecule is CCOC(=O)c1cc([N+](=O)[O-])c(F)cc1F.CCOC(=O)c1ccc(CC2C3CC4CC(C3)CC2C4)c(N(Cc2ccccc2)Cc2ccccc2)c1.CCOC(=O)c1ccc(CC2C3CC4CC(C3)CC2C4)c(NCc2ccccc2)c1.CCOC(=O)c1ccc(CC2C3CC4CC(C3)CC2C4)c(NCc2ccncc2)c1.CCOC(=O)c1ccc(CC2C3CC4CC(C3)CC2C4)c(NCc2ccncn2)c1. The minimum absolute atomic E-state index is 0.0105. The number of nitro benzene ring substituents is 1. The van der Waals surface area contributed by atoms with Gasteiger partial charge in [0.05, 0.1) is 72.5 Å². The number of carbonyl (C=O) groups excluding carboxylic acids is 5. The van der Waals surface area contributed by atoms with Crippen molar-refractivity contribution in [2.45, 2.75) is 221 Å². The lowest BCUT2D eigenvalue weighted by atomic mass is 9.51. The molecule has 3 N–H and O–H groups in total. The molecule has 0 aliphatic heterocycles. The van der Waals surface area contributed by atoms with Crippen LogP contribution < -0.4 is 20.9 Å². The van der Waals surface area contributed by atoms with Crippen molar-refractivity contribution >= 4 is 58.3 Å². The maximum Gasteiger partial charge on any atom is 0.341 e. The van der Waals surface area contributed by atoms with E-state index in [1.54, 1.807) is 12.5 Å². The second-order valence-electron chi connectivity index (χ2n) is 43.2. The van der Waals surface area contributed by atoms with Gasteiger partial charge in [0, 0.05) is 79.7 Å². The molecule has 752 valence electrons. The highest BCUT2D eigenvalue weighted by molar-refractivity contribution is 5.93. The molecule has 16 fully saturated rings. The van der Waals surface area contributed by atoms with Gasteiger partial charge in [-0.15, -0.1) is 0 Å². The Kier molecular flexibility index (Phi) is 33.5. The van der Waals surface area contributed by atoms with Crippen LogP contribution in [0.1, 0.15) is 265 Å². The Balaban J connectivity index is 0.000000120. The summed E-state index contributed by atoms with van der Waals surface area (Å²) >= 11 is 0. The van der Waals surface area contributed by atoms with Gasteiger partial charge in [0.15, 0.2) is 0 Å². The number of anilines is 4. The number of carbonyl (C=O) groups is 5. The lowest BCUT2D eigenvalue weighted by molar-refractivity contribution is -0.387. The van der Waals surface area contributed by atoms with Crippen molar-refractivity contribution in [3.05, 3.63) is 319 Å². The number of nitrogens with one attached hydrogen (secondary N) is 3. The Bertz CT molecular complexity index is 5490. The number of nitrogens with zero attached hydrogens (tertiary/aromatic N) is 5. The van der Waals surface area contributed by atoms with E-state index in [0.29, 0.717) is 61.3 Å². The van der Waals surface area contributed by atoms with Crippen LogP contribution in [0.3, 0.4) is 0 Å². The molecule has 0 spiro atoms. The van der Waals surface area contributed by atoms with Crippen LogP contribution in [0.5, 0.6) is 0 Å². The molecule has 0 atom stereocenters. The van der Waals surface area contributed by atoms with Gasteiger partial charge in [-0.05, 0) is 418 Å². The molecule has 143 heavy (non-hydrogen) atoms. The summed E-state index contributed by atoms with van der Waals surface area (Å²) in [6.07, 6.45) is 40.5. The zero-order valence-electron chi connectivity index (χ0n) is 83.8. The highest BCUT2D eigenvalue weighted by Crippen LogP contribution is 2.62. The molecule has 10 aromatic rings. The molecule has 2 aromatic heterocycles. The first-order chi connectivity index (χ1) is 69.7. The molecule has 0 unspecified atom stereocenters. The van der Waals surface area contributed by atoms with Gasteiger partial charge in [0.25, 0.3) is 0 Å². The molecule has 16 bridgehead atoms. The van der Waals surface area contributed by atoms with Crippen molar-refractivity contribution in [1.29, 1.82) is 0 Å². The van der Waals surface area contributed by atoms with E-state index in [2.05, 4.69) is 156 Å². The van der Waals surface area contributed by atoms with Gasteiger partial charge < -0.3 is 44.5 Å². The van der Waals surface area contributed by atoms with Gasteiger partial charge in [0.2, 0.25) is 5.82 Å². The number of benzene rings is 8. The van der Waals surface area contributed by atoms with Crippen LogP contribution in [0, 0.1) is 140 Å². The minimum atomic E-state index is -1.34. The Labute approximate surface area is 842 Å².